The summed E-state index contributed by atoms with van der Waals surface area (Å²) >= 11 is 0. The molecule has 2 aromatic rings. The summed E-state index contributed by atoms with van der Waals surface area (Å²) in [6.07, 6.45) is 1.17. The van der Waals surface area contributed by atoms with Crippen LogP contribution in [0.3, 0.4) is 0 Å². The van der Waals surface area contributed by atoms with Gasteiger partial charge in [-0.15, -0.1) is 0 Å². The van der Waals surface area contributed by atoms with Crippen molar-refractivity contribution in [1.29, 1.82) is 0 Å². The predicted molar refractivity (Wildman–Crippen MR) is 101 cm³/mol. The van der Waals surface area contributed by atoms with Gasteiger partial charge in [0, 0.05) is 31.7 Å². The van der Waals surface area contributed by atoms with Gasteiger partial charge in [-0.05, 0) is 42.3 Å². The number of hydrogen-bond donors (Lipinski definition) is 0. The molecule has 2 amide bonds. The van der Waals surface area contributed by atoms with Crippen molar-refractivity contribution >= 4 is 11.8 Å². The van der Waals surface area contributed by atoms with Crippen LogP contribution in [-0.4, -0.2) is 60.5 Å². The lowest BCUT2D eigenvalue weighted by Crippen LogP contribution is -2.51. The molecule has 150 valence electrons. The van der Waals surface area contributed by atoms with Crippen molar-refractivity contribution in [3.05, 3.63) is 59.8 Å². The second kappa shape index (κ2) is 9.01. The number of ether oxygens (including phenoxy) is 1. The van der Waals surface area contributed by atoms with Gasteiger partial charge in [-0.25, -0.2) is 4.39 Å². The number of morpholine rings is 1. The average Bonchev–Trinajstić information content (AvgIpc) is 3.21. The minimum Gasteiger partial charge on any atom is -0.459 e. The van der Waals surface area contributed by atoms with Gasteiger partial charge in [-0.1, -0.05) is 13.8 Å². The third-order valence-electron chi connectivity index (χ3n) is 4.55. The molecule has 3 rings (SSSR count). The lowest BCUT2D eigenvalue weighted by atomic mass is 10.1. The molecule has 6 nitrogen and oxygen atoms in total. The topological polar surface area (TPSA) is 63.0 Å². The summed E-state index contributed by atoms with van der Waals surface area (Å²) < 4.78 is 24.2. The molecule has 1 aliphatic rings. The Morgan fingerprint density at radius 1 is 1.25 bits per heavy atom. The Hall–Kier alpha value is -2.67. The summed E-state index contributed by atoms with van der Waals surface area (Å²) in [5.74, 6) is -0.184. The van der Waals surface area contributed by atoms with Crippen LogP contribution in [0.5, 0.6) is 0 Å². The summed E-state index contributed by atoms with van der Waals surface area (Å²) in [5, 5.41) is 0. The molecule has 2 heterocycles. The summed E-state index contributed by atoms with van der Waals surface area (Å²) in [4.78, 5) is 28.8. The highest BCUT2D eigenvalue weighted by molar-refractivity contribution is 5.94. The number of carbonyl (C=O) groups excluding carboxylic acids is 2. The molecule has 0 spiro atoms. The third-order valence-corrected chi connectivity index (χ3v) is 4.55. The van der Waals surface area contributed by atoms with Crippen LogP contribution in [0, 0.1) is 11.7 Å². The third kappa shape index (κ3) is 4.98. The van der Waals surface area contributed by atoms with E-state index < -0.39 is 0 Å². The number of nitrogens with zero attached hydrogens (tertiary/aromatic N) is 2. The fraction of sp³-hybridized carbons (Fsp3) is 0.429. The van der Waals surface area contributed by atoms with Gasteiger partial charge in [-0.2, -0.15) is 0 Å². The van der Waals surface area contributed by atoms with Crippen LogP contribution in [0.25, 0.3) is 0 Å². The largest absolute Gasteiger partial charge is 0.459 e. The molecule has 1 saturated heterocycles. The van der Waals surface area contributed by atoms with E-state index in [9.17, 15) is 14.0 Å². The van der Waals surface area contributed by atoms with Crippen molar-refractivity contribution in [2.24, 2.45) is 5.92 Å². The summed E-state index contributed by atoms with van der Waals surface area (Å²) in [5.41, 5.74) is 0.432. The number of furan rings is 1. The maximum atomic E-state index is 13.2. The van der Waals surface area contributed by atoms with E-state index in [1.807, 2.05) is 13.8 Å². The normalized spacial score (nSPS) is 17.0. The van der Waals surface area contributed by atoms with Crippen LogP contribution in [-0.2, 0) is 4.74 Å². The minimum atomic E-state index is -0.380. The quantitative estimate of drug-likeness (QED) is 0.763. The van der Waals surface area contributed by atoms with Crippen LogP contribution >= 0.6 is 0 Å². The Morgan fingerprint density at radius 3 is 2.64 bits per heavy atom. The van der Waals surface area contributed by atoms with Crippen molar-refractivity contribution in [3.8, 4) is 0 Å². The van der Waals surface area contributed by atoms with E-state index in [0.717, 1.165) is 0 Å². The second-order valence-corrected chi connectivity index (χ2v) is 7.33. The van der Waals surface area contributed by atoms with E-state index in [4.69, 9.17) is 9.15 Å². The lowest BCUT2D eigenvalue weighted by Gasteiger charge is -2.36. The number of rotatable bonds is 6. The molecule has 1 atom stereocenters. The zero-order valence-corrected chi connectivity index (χ0v) is 16.1. The van der Waals surface area contributed by atoms with Gasteiger partial charge in [0.25, 0.3) is 11.8 Å². The van der Waals surface area contributed by atoms with Gasteiger partial charge in [0.15, 0.2) is 5.76 Å². The van der Waals surface area contributed by atoms with Crippen molar-refractivity contribution in [1.82, 2.24) is 9.80 Å². The van der Waals surface area contributed by atoms with Crippen LogP contribution in [0.4, 0.5) is 4.39 Å². The highest BCUT2D eigenvalue weighted by atomic mass is 19.1. The van der Waals surface area contributed by atoms with E-state index in [0.29, 0.717) is 44.1 Å². The zero-order chi connectivity index (χ0) is 20.1. The van der Waals surface area contributed by atoms with E-state index >= 15 is 0 Å². The number of carbonyl (C=O) groups is 2. The molecule has 0 aliphatic carbocycles. The minimum absolute atomic E-state index is 0.174. The molecule has 0 saturated carbocycles. The van der Waals surface area contributed by atoms with Crippen LogP contribution < -0.4 is 0 Å². The number of amides is 2. The standard InChI is InChI=1S/C21H25FN2O4/c1-15(2)12-24(20(25)16-5-7-17(22)8-6-16)14-18-13-23(9-11-27-18)21(26)19-4-3-10-28-19/h3-8,10,15,18H,9,11-14H2,1-2H3/t18-/m0/s1. The molecular weight excluding hydrogens is 363 g/mol. The molecule has 1 aliphatic heterocycles. The fourth-order valence-corrected chi connectivity index (χ4v) is 3.27. The highest BCUT2D eigenvalue weighted by Gasteiger charge is 2.29. The Balaban J connectivity index is 1.68. The molecule has 1 fully saturated rings. The van der Waals surface area contributed by atoms with E-state index in [1.165, 1.54) is 30.5 Å². The van der Waals surface area contributed by atoms with Gasteiger partial charge < -0.3 is 19.0 Å². The molecule has 0 N–H and O–H groups in total. The highest BCUT2D eigenvalue weighted by Crippen LogP contribution is 2.15. The second-order valence-electron chi connectivity index (χ2n) is 7.33. The predicted octanol–water partition coefficient (Wildman–Crippen LogP) is 3.06. The molecule has 0 radical (unpaired) electrons. The molecule has 0 unspecified atom stereocenters. The first-order chi connectivity index (χ1) is 13.4. The van der Waals surface area contributed by atoms with E-state index in [1.54, 1.807) is 21.9 Å². The van der Waals surface area contributed by atoms with Crippen LogP contribution in [0.15, 0.2) is 47.1 Å². The molecule has 1 aromatic carbocycles. The first-order valence-electron chi connectivity index (χ1n) is 9.43. The van der Waals surface area contributed by atoms with Crippen molar-refractivity contribution in [2.75, 3.05) is 32.8 Å². The van der Waals surface area contributed by atoms with Crippen LogP contribution in [0.1, 0.15) is 34.8 Å². The zero-order valence-electron chi connectivity index (χ0n) is 16.1. The monoisotopic (exact) mass is 388 g/mol. The smallest absolute Gasteiger partial charge is 0.289 e. The van der Waals surface area contributed by atoms with Crippen molar-refractivity contribution < 1.29 is 23.1 Å². The number of hydrogen-bond acceptors (Lipinski definition) is 4. The summed E-state index contributed by atoms with van der Waals surface area (Å²) in [6.45, 7) is 6.21. The maximum Gasteiger partial charge on any atom is 0.289 e. The van der Waals surface area contributed by atoms with Gasteiger partial charge in [0.05, 0.1) is 19.0 Å². The molecule has 7 heteroatoms. The average molecular weight is 388 g/mol. The lowest BCUT2D eigenvalue weighted by molar-refractivity contribution is -0.0347. The SMILES string of the molecule is CC(C)CN(C[C@@H]1CN(C(=O)c2ccco2)CCO1)C(=O)c1ccc(F)cc1. The van der Waals surface area contributed by atoms with Crippen molar-refractivity contribution in [2.45, 2.75) is 20.0 Å². The Bertz CT molecular complexity index is 789. The summed E-state index contributed by atoms with van der Waals surface area (Å²) in [6, 6.07) is 8.84. The van der Waals surface area contributed by atoms with E-state index in [-0.39, 0.29) is 29.7 Å². The van der Waals surface area contributed by atoms with Crippen molar-refractivity contribution in [3.63, 3.8) is 0 Å². The Labute approximate surface area is 163 Å². The molecular formula is C21H25FN2O4. The summed E-state index contributed by atoms with van der Waals surface area (Å²) in [7, 11) is 0. The number of benzene rings is 1. The van der Waals surface area contributed by atoms with Gasteiger partial charge in [0.1, 0.15) is 5.82 Å². The molecule has 1 aromatic heterocycles. The molecule has 0 bridgehead atoms. The van der Waals surface area contributed by atoms with Gasteiger partial charge in [-0.3, -0.25) is 9.59 Å². The maximum absolute atomic E-state index is 13.2. The Morgan fingerprint density at radius 2 is 2.00 bits per heavy atom. The van der Waals surface area contributed by atoms with E-state index in [2.05, 4.69) is 0 Å². The number of halogens is 1. The molecule has 28 heavy (non-hydrogen) atoms. The Kier molecular flexibility index (Phi) is 6.46. The first-order valence-corrected chi connectivity index (χ1v) is 9.43. The van der Waals surface area contributed by atoms with Crippen LogP contribution in [0.2, 0.25) is 0 Å². The fourth-order valence-electron chi connectivity index (χ4n) is 3.27. The van der Waals surface area contributed by atoms with Gasteiger partial charge >= 0.3 is 0 Å². The van der Waals surface area contributed by atoms with Gasteiger partial charge in [0.2, 0.25) is 0 Å². The first kappa shape index (κ1) is 20.1.